The molecule has 6 nitrogen and oxygen atoms in total. The third kappa shape index (κ3) is 3.55. The number of hydrogen-bond donors (Lipinski definition) is 2. The average Bonchev–Trinajstić information content (AvgIpc) is 3.00. The molecule has 1 heterocycles. The molecular weight excluding hydrogens is 373 g/mol. The number of benzene rings is 2. The largest absolute Gasteiger partial charge is 0.508 e. The van der Waals surface area contributed by atoms with Crippen LogP contribution in [0.2, 0.25) is 0 Å². The molecule has 136 valence electrons. The minimum absolute atomic E-state index is 0.0663. The number of primary sulfonamides is 1. The third-order valence-corrected chi connectivity index (χ3v) is 4.38. The number of alkyl halides is 3. The van der Waals surface area contributed by atoms with Gasteiger partial charge in [0.2, 0.25) is 10.0 Å². The molecule has 26 heavy (non-hydrogen) atoms. The summed E-state index contributed by atoms with van der Waals surface area (Å²) in [6.07, 6.45) is -4.80. The third-order valence-electron chi connectivity index (χ3n) is 3.46. The molecule has 3 rings (SSSR count). The molecule has 0 saturated heterocycles. The summed E-state index contributed by atoms with van der Waals surface area (Å²) < 4.78 is 66.5. The van der Waals surface area contributed by atoms with E-state index in [4.69, 9.17) is 9.56 Å². The number of rotatable bonds is 3. The molecule has 0 aliphatic heterocycles. The number of aromatic nitrogens is 1. The number of oxazole rings is 1. The maximum Gasteiger partial charge on any atom is 0.468 e. The molecule has 3 aromatic rings. The summed E-state index contributed by atoms with van der Waals surface area (Å²) in [5.41, 5.74) is 0.347. The highest BCUT2D eigenvalue weighted by Gasteiger charge is 2.39. The summed E-state index contributed by atoms with van der Waals surface area (Å²) in [4.78, 5) is 3.32. The van der Waals surface area contributed by atoms with E-state index >= 15 is 0 Å². The molecule has 0 spiro atoms. The van der Waals surface area contributed by atoms with Gasteiger partial charge in [0.15, 0.2) is 5.76 Å². The van der Waals surface area contributed by atoms with Gasteiger partial charge in [-0.1, -0.05) is 12.1 Å². The van der Waals surface area contributed by atoms with E-state index in [0.29, 0.717) is 0 Å². The fraction of sp³-hybridized carbons (Fsp3) is 0.0625. The van der Waals surface area contributed by atoms with Crippen molar-refractivity contribution in [2.75, 3.05) is 0 Å². The molecule has 0 amide bonds. The Hall–Kier alpha value is -2.85. The van der Waals surface area contributed by atoms with Gasteiger partial charge in [-0.3, -0.25) is 0 Å². The predicted molar refractivity (Wildman–Crippen MR) is 85.4 cm³/mol. The highest BCUT2D eigenvalue weighted by molar-refractivity contribution is 7.89. The Balaban J connectivity index is 2.16. The Kier molecular flexibility index (Phi) is 4.24. The van der Waals surface area contributed by atoms with Crippen LogP contribution < -0.4 is 5.14 Å². The van der Waals surface area contributed by atoms with Crippen molar-refractivity contribution < 1.29 is 31.1 Å². The Morgan fingerprint density at radius 1 is 0.962 bits per heavy atom. The summed E-state index contributed by atoms with van der Waals surface area (Å²) in [6.45, 7) is 0. The van der Waals surface area contributed by atoms with E-state index in [-0.39, 0.29) is 33.2 Å². The predicted octanol–water partition coefficient (Wildman–Crippen LogP) is 3.38. The van der Waals surface area contributed by atoms with Gasteiger partial charge in [-0.2, -0.15) is 13.2 Å². The van der Waals surface area contributed by atoms with Crippen LogP contribution in [0.15, 0.2) is 57.8 Å². The van der Waals surface area contributed by atoms with Gasteiger partial charge in [0.25, 0.3) is 0 Å². The van der Waals surface area contributed by atoms with Crippen molar-refractivity contribution in [2.24, 2.45) is 5.14 Å². The Morgan fingerprint density at radius 2 is 1.50 bits per heavy atom. The molecule has 10 heteroatoms. The van der Waals surface area contributed by atoms with Gasteiger partial charge in [-0.25, -0.2) is 18.5 Å². The van der Waals surface area contributed by atoms with Crippen molar-refractivity contribution in [2.45, 2.75) is 11.1 Å². The van der Waals surface area contributed by atoms with Crippen LogP contribution in [0.1, 0.15) is 5.89 Å². The smallest absolute Gasteiger partial charge is 0.468 e. The number of phenols is 1. The van der Waals surface area contributed by atoms with Crippen molar-refractivity contribution in [3.8, 4) is 28.3 Å². The van der Waals surface area contributed by atoms with Gasteiger partial charge in [-0.15, -0.1) is 0 Å². The Morgan fingerprint density at radius 3 is 2.00 bits per heavy atom. The first-order valence-corrected chi connectivity index (χ1v) is 8.61. The van der Waals surface area contributed by atoms with Gasteiger partial charge < -0.3 is 9.52 Å². The van der Waals surface area contributed by atoms with Crippen LogP contribution in [0.4, 0.5) is 13.2 Å². The van der Waals surface area contributed by atoms with Crippen LogP contribution in [0.3, 0.4) is 0 Å². The van der Waals surface area contributed by atoms with E-state index in [1.165, 1.54) is 36.4 Å². The van der Waals surface area contributed by atoms with Crippen molar-refractivity contribution in [1.29, 1.82) is 0 Å². The van der Waals surface area contributed by atoms with E-state index in [0.717, 1.165) is 12.1 Å². The summed E-state index contributed by atoms with van der Waals surface area (Å²) >= 11 is 0. The Labute approximate surface area is 145 Å². The van der Waals surface area contributed by atoms with Crippen LogP contribution in [0.5, 0.6) is 5.75 Å². The van der Waals surface area contributed by atoms with Crippen LogP contribution in [0.25, 0.3) is 22.6 Å². The minimum atomic E-state index is -4.80. The molecule has 0 radical (unpaired) electrons. The normalized spacial score (nSPS) is 12.3. The lowest BCUT2D eigenvalue weighted by molar-refractivity contribution is -0.156. The van der Waals surface area contributed by atoms with Crippen LogP contribution in [-0.2, 0) is 16.2 Å². The standard InChI is InChI=1S/C16H11F3N2O4S/c17-16(18,19)15-21-13(9-3-7-12(8-4-9)26(20,23)24)14(25-15)10-1-5-11(22)6-2-10/h1-8,22H,(H2,20,23,24). The zero-order chi connectivity index (χ0) is 19.1. The summed E-state index contributed by atoms with van der Waals surface area (Å²) in [6, 6.07) is 10.2. The van der Waals surface area contributed by atoms with Gasteiger partial charge in [-0.05, 0) is 36.4 Å². The second-order valence-electron chi connectivity index (χ2n) is 5.31. The average molecular weight is 384 g/mol. The number of aromatic hydroxyl groups is 1. The molecule has 0 bridgehead atoms. The fourth-order valence-corrected chi connectivity index (χ4v) is 2.76. The molecule has 0 unspecified atom stereocenters. The second-order valence-corrected chi connectivity index (χ2v) is 6.87. The highest BCUT2D eigenvalue weighted by atomic mass is 32.2. The lowest BCUT2D eigenvalue weighted by atomic mass is 10.1. The first-order chi connectivity index (χ1) is 12.1. The van der Waals surface area contributed by atoms with E-state index in [9.17, 15) is 26.7 Å². The maximum atomic E-state index is 13.0. The molecular formula is C16H11F3N2O4S. The molecule has 0 atom stereocenters. The highest BCUT2D eigenvalue weighted by Crippen LogP contribution is 2.38. The first kappa shape index (κ1) is 18.0. The SMILES string of the molecule is NS(=O)(=O)c1ccc(-c2nc(C(F)(F)F)oc2-c2ccc(O)cc2)cc1. The minimum Gasteiger partial charge on any atom is -0.508 e. The topological polar surface area (TPSA) is 106 Å². The van der Waals surface area contributed by atoms with E-state index < -0.39 is 22.1 Å². The quantitative estimate of drug-likeness (QED) is 0.720. The number of halogens is 3. The fourth-order valence-electron chi connectivity index (χ4n) is 2.25. The van der Waals surface area contributed by atoms with Crippen molar-refractivity contribution in [3.63, 3.8) is 0 Å². The van der Waals surface area contributed by atoms with Crippen LogP contribution >= 0.6 is 0 Å². The number of phenolic OH excluding ortho intramolecular Hbond substituents is 1. The summed E-state index contributed by atoms with van der Waals surface area (Å²) in [5, 5.41) is 14.3. The van der Waals surface area contributed by atoms with Crippen LogP contribution in [0, 0.1) is 0 Å². The molecule has 0 saturated carbocycles. The molecule has 2 aromatic carbocycles. The van der Waals surface area contributed by atoms with Gasteiger partial charge >= 0.3 is 12.1 Å². The van der Waals surface area contributed by atoms with E-state index in [2.05, 4.69) is 4.98 Å². The number of hydrogen-bond acceptors (Lipinski definition) is 5. The van der Waals surface area contributed by atoms with E-state index in [1.54, 1.807) is 0 Å². The first-order valence-electron chi connectivity index (χ1n) is 7.06. The summed E-state index contributed by atoms with van der Waals surface area (Å²) in [7, 11) is -3.94. The number of sulfonamides is 1. The second kappa shape index (κ2) is 6.15. The lowest BCUT2D eigenvalue weighted by Gasteiger charge is -2.03. The van der Waals surface area contributed by atoms with Crippen molar-refractivity contribution in [1.82, 2.24) is 4.98 Å². The maximum absolute atomic E-state index is 13.0. The van der Waals surface area contributed by atoms with Gasteiger partial charge in [0.1, 0.15) is 11.4 Å². The van der Waals surface area contributed by atoms with Crippen molar-refractivity contribution in [3.05, 3.63) is 54.4 Å². The molecule has 0 aliphatic carbocycles. The number of nitrogens with two attached hydrogens (primary N) is 1. The zero-order valence-corrected chi connectivity index (χ0v) is 13.7. The van der Waals surface area contributed by atoms with Crippen LogP contribution in [-0.4, -0.2) is 18.5 Å². The number of nitrogens with zero attached hydrogens (tertiary/aromatic N) is 1. The lowest BCUT2D eigenvalue weighted by Crippen LogP contribution is -2.11. The molecule has 1 aromatic heterocycles. The monoisotopic (exact) mass is 384 g/mol. The van der Waals surface area contributed by atoms with Gasteiger partial charge in [0, 0.05) is 11.1 Å². The van der Waals surface area contributed by atoms with Gasteiger partial charge in [0.05, 0.1) is 4.90 Å². The van der Waals surface area contributed by atoms with E-state index in [1.807, 2.05) is 0 Å². The summed E-state index contributed by atoms with van der Waals surface area (Å²) in [5.74, 6) is -1.67. The van der Waals surface area contributed by atoms with Crippen molar-refractivity contribution >= 4 is 10.0 Å². The Bertz CT molecular complexity index is 1040. The molecule has 0 fully saturated rings. The molecule has 3 N–H and O–H groups in total. The zero-order valence-electron chi connectivity index (χ0n) is 12.9. The molecule has 0 aliphatic rings.